The van der Waals surface area contributed by atoms with Crippen LogP contribution in [0.15, 0.2) is 41.2 Å². The number of hydrogen-bond donors (Lipinski definition) is 2. The second-order valence-corrected chi connectivity index (χ2v) is 6.24. The average Bonchev–Trinajstić information content (AvgIpc) is 2.65. The van der Waals surface area contributed by atoms with Crippen molar-refractivity contribution in [2.24, 2.45) is 0 Å². The molecule has 0 aliphatic rings. The molecule has 5 nitrogen and oxygen atoms in total. The summed E-state index contributed by atoms with van der Waals surface area (Å²) >= 11 is 5.60. The third-order valence-electron chi connectivity index (χ3n) is 4.29. The molecular formula is C19H14ClF2NO4. The Kier molecular flexibility index (Phi) is 5.25. The Morgan fingerprint density at radius 1 is 1.15 bits per heavy atom. The van der Waals surface area contributed by atoms with Gasteiger partial charge in [0, 0.05) is 24.0 Å². The van der Waals surface area contributed by atoms with E-state index < -0.39 is 33.6 Å². The van der Waals surface area contributed by atoms with Gasteiger partial charge in [-0.3, -0.25) is 4.79 Å². The van der Waals surface area contributed by atoms with Gasteiger partial charge in [-0.15, -0.1) is 0 Å². The van der Waals surface area contributed by atoms with Crippen LogP contribution in [-0.2, 0) is 13.0 Å². The monoisotopic (exact) mass is 393 g/mol. The molecule has 2 N–H and O–H groups in total. The van der Waals surface area contributed by atoms with Gasteiger partial charge in [0.1, 0.15) is 22.2 Å². The highest BCUT2D eigenvalue weighted by Gasteiger charge is 2.23. The summed E-state index contributed by atoms with van der Waals surface area (Å²) in [6, 6.07) is 8.46. The lowest BCUT2D eigenvalue weighted by molar-refractivity contribution is 0.0693. The van der Waals surface area contributed by atoms with E-state index in [2.05, 4.69) is 0 Å². The molecule has 0 fully saturated rings. The maximum absolute atomic E-state index is 14.4. The van der Waals surface area contributed by atoms with E-state index in [1.165, 1.54) is 10.6 Å². The minimum Gasteiger partial charge on any atom is -0.477 e. The lowest BCUT2D eigenvalue weighted by Gasteiger charge is -2.19. The first-order chi connectivity index (χ1) is 12.9. The fourth-order valence-corrected chi connectivity index (χ4v) is 3.27. The summed E-state index contributed by atoms with van der Waals surface area (Å²) in [6.07, 6.45) is -0.312. The number of benzene rings is 2. The summed E-state index contributed by atoms with van der Waals surface area (Å²) in [5, 5.41) is 18.5. The molecule has 3 rings (SSSR count). The van der Waals surface area contributed by atoms with E-state index in [1.54, 1.807) is 18.2 Å². The van der Waals surface area contributed by atoms with E-state index in [0.717, 1.165) is 12.1 Å². The molecule has 0 radical (unpaired) electrons. The second-order valence-electron chi connectivity index (χ2n) is 5.86. The number of rotatable bonds is 5. The van der Waals surface area contributed by atoms with Crippen LogP contribution in [0.3, 0.4) is 0 Å². The maximum Gasteiger partial charge on any atom is 0.341 e. The van der Waals surface area contributed by atoms with Crippen LogP contribution in [0.1, 0.15) is 21.6 Å². The number of aliphatic hydroxyl groups is 1. The number of pyridine rings is 1. The largest absolute Gasteiger partial charge is 0.477 e. The summed E-state index contributed by atoms with van der Waals surface area (Å²) in [6.45, 7) is -0.335. The van der Waals surface area contributed by atoms with Crippen molar-refractivity contribution >= 4 is 28.5 Å². The predicted octanol–water partition coefficient (Wildman–Crippen LogP) is 3.21. The van der Waals surface area contributed by atoms with Crippen LogP contribution in [0.2, 0.25) is 5.02 Å². The number of carbonyl (C=O) groups is 1. The fraction of sp³-hybridized carbons (Fsp3) is 0.158. The van der Waals surface area contributed by atoms with Gasteiger partial charge in [-0.05, 0) is 23.8 Å². The van der Waals surface area contributed by atoms with Crippen LogP contribution in [-0.4, -0.2) is 27.4 Å². The predicted molar refractivity (Wildman–Crippen MR) is 96.4 cm³/mol. The summed E-state index contributed by atoms with van der Waals surface area (Å²) < 4.78 is 29.2. The summed E-state index contributed by atoms with van der Waals surface area (Å²) in [7, 11) is 0. The first-order valence-electron chi connectivity index (χ1n) is 7.97. The SMILES string of the molecule is O=C(O)c1c(Cc2ccc(F)c(Cl)c2F)n(CCO)c2ccccc2c1=O. The molecule has 8 heteroatoms. The van der Waals surface area contributed by atoms with Crippen molar-refractivity contribution < 1.29 is 23.8 Å². The van der Waals surface area contributed by atoms with Crippen LogP contribution >= 0.6 is 11.6 Å². The zero-order valence-electron chi connectivity index (χ0n) is 13.9. The summed E-state index contributed by atoms with van der Waals surface area (Å²) in [5.41, 5.74) is -0.893. The van der Waals surface area contributed by atoms with Gasteiger partial charge in [0.25, 0.3) is 0 Å². The number of halogens is 3. The van der Waals surface area contributed by atoms with E-state index >= 15 is 0 Å². The van der Waals surface area contributed by atoms with Crippen molar-refractivity contribution in [3.05, 3.63) is 80.1 Å². The van der Waals surface area contributed by atoms with Crippen LogP contribution in [0.25, 0.3) is 10.9 Å². The van der Waals surface area contributed by atoms with E-state index in [9.17, 15) is 28.6 Å². The van der Waals surface area contributed by atoms with Crippen LogP contribution in [0, 0.1) is 11.6 Å². The van der Waals surface area contributed by atoms with Gasteiger partial charge >= 0.3 is 5.97 Å². The Bertz CT molecular complexity index is 1110. The summed E-state index contributed by atoms with van der Waals surface area (Å²) in [5.74, 6) is -3.44. The third-order valence-corrected chi connectivity index (χ3v) is 4.64. The van der Waals surface area contributed by atoms with Gasteiger partial charge in [-0.25, -0.2) is 13.6 Å². The molecular weight excluding hydrogens is 380 g/mol. The molecule has 140 valence electrons. The standard InChI is InChI=1S/C19H14ClF2NO4/c20-16-12(21)6-5-10(17(16)22)9-14-15(19(26)27)18(25)11-3-1-2-4-13(11)23(14)7-8-24/h1-6,24H,7-9H2,(H,26,27). The minimum absolute atomic E-state index is 0.00169. The fourth-order valence-electron chi connectivity index (χ4n) is 3.09. The van der Waals surface area contributed by atoms with Crippen LogP contribution in [0.5, 0.6) is 0 Å². The van der Waals surface area contributed by atoms with Gasteiger partial charge in [0.2, 0.25) is 5.43 Å². The molecule has 0 unspecified atom stereocenters. The Morgan fingerprint density at radius 2 is 1.85 bits per heavy atom. The van der Waals surface area contributed by atoms with Gasteiger partial charge in [-0.2, -0.15) is 0 Å². The van der Waals surface area contributed by atoms with Crippen molar-refractivity contribution in [1.29, 1.82) is 0 Å². The number of aromatic carboxylic acids is 1. The Balaban J connectivity index is 2.35. The van der Waals surface area contributed by atoms with Crippen molar-refractivity contribution in [3.63, 3.8) is 0 Å². The number of nitrogens with zero attached hydrogens (tertiary/aromatic N) is 1. The molecule has 0 saturated heterocycles. The van der Waals surface area contributed by atoms with Gasteiger partial charge in [-0.1, -0.05) is 29.8 Å². The second kappa shape index (κ2) is 7.46. The van der Waals surface area contributed by atoms with E-state index in [0.29, 0.717) is 5.52 Å². The van der Waals surface area contributed by atoms with E-state index in [1.807, 2.05) is 0 Å². The molecule has 0 atom stereocenters. The molecule has 1 aromatic heterocycles. The summed E-state index contributed by atoms with van der Waals surface area (Å²) in [4.78, 5) is 24.5. The molecule has 0 aliphatic carbocycles. The normalized spacial score (nSPS) is 11.1. The topological polar surface area (TPSA) is 79.5 Å². The van der Waals surface area contributed by atoms with Gasteiger partial charge < -0.3 is 14.8 Å². The number of aromatic nitrogens is 1. The number of fused-ring (bicyclic) bond motifs is 1. The van der Waals surface area contributed by atoms with Crippen LogP contribution in [0.4, 0.5) is 8.78 Å². The molecule has 0 saturated carbocycles. The van der Waals surface area contributed by atoms with Crippen LogP contribution < -0.4 is 5.43 Å². The average molecular weight is 394 g/mol. The van der Waals surface area contributed by atoms with E-state index in [-0.39, 0.29) is 36.2 Å². The zero-order valence-corrected chi connectivity index (χ0v) is 14.6. The van der Waals surface area contributed by atoms with Crippen molar-refractivity contribution in [3.8, 4) is 0 Å². The van der Waals surface area contributed by atoms with Gasteiger partial charge in [0.05, 0.1) is 12.1 Å². The molecule has 0 aliphatic heterocycles. The highest BCUT2D eigenvalue weighted by Crippen LogP contribution is 2.26. The smallest absolute Gasteiger partial charge is 0.341 e. The number of hydrogen-bond acceptors (Lipinski definition) is 3. The maximum atomic E-state index is 14.4. The molecule has 0 spiro atoms. The first-order valence-corrected chi connectivity index (χ1v) is 8.35. The molecule has 0 bridgehead atoms. The minimum atomic E-state index is -1.47. The molecule has 2 aromatic carbocycles. The Labute approximate surface area is 157 Å². The lowest BCUT2D eigenvalue weighted by Crippen LogP contribution is -2.25. The van der Waals surface area contributed by atoms with Crippen molar-refractivity contribution in [2.75, 3.05) is 6.61 Å². The van der Waals surface area contributed by atoms with Crippen molar-refractivity contribution in [2.45, 2.75) is 13.0 Å². The number of carboxylic acids is 1. The Morgan fingerprint density at radius 3 is 2.52 bits per heavy atom. The Hall–Kier alpha value is -2.77. The molecule has 0 amide bonds. The third kappa shape index (κ3) is 3.31. The highest BCUT2D eigenvalue weighted by atomic mass is 35.5. The molecule has 3 aromatic rings. The molecule has 27 heavy (non-hydrogen) atoms. The van der Waals surface area contributed by atoms with E-state index in [4.69, 9.17) is 11.6 Å². The van der Waals surface area contributed by atoms with Gasteiger partial charge in [0.15, 0.2) is 0 Å². The number of carboxylic acid groups (broad SMARTS) is 1. The van der Waals surface area contributed by atoms with Crippen molar-refractivity contribution in [1.82, 2.24) is 4.57 Å². The first kappa shape index (κ1) is 19.0. The highest BCUT2D eigenvalue weighted by molar-refractivity contribution is 6.30. The lowest BCUT2D eigenvalue weighted by atomic mass is 10.0. The number of para-hydroxylation sites is 1. The zero-order chi connectivity index (χ0) is 19.7. The number of aliphatic hydroxyl groups excluding tert-OH is 1. The molecule has 1 heterocycles. The quantitative estimate of drug-likeness (QED) is 0.652.